The molecular formula is C16H27ClN2O. The van der Waals surface area contributed by atoms with Gasteiger partial charge in [-0.1, -0.05) is 12.1 Å². The molecule has 1 aromatic carbocycles. The summed E-state index contributed by atoms with van der Waals surface area (Å²) >= 11 is 0. The van der Waals surface area contributed by atoms with E-state index in [4.69, 9.17) is 4.74 Å². The molecule has 0 bridgehead atoms. The Kier molecular flexibility index (Phi) is 7.35. The summed E-state index contributed by atoms with van der Waals surface area (Å²) in [6.07, 6.45) is 3.85. The Labute approximate surface area is 129 Å². The van der Waals surface area contributed by atoms with Crippen molar-refractivity contribution in [2.45, 2.75) is 38.8 Å². The molecule has 1 N–H and O–H groups in total. The second-order valence-electron chi connectivity index (χ2n) is 5.55. The summed E-state index contributed by atoms with van der Waals surface area (Å²) in [7, 11) is 3.97. The number of hydrogen-bond donors (Lipinski definition) is 1. The third-order valence-corrected chi connectivity index (χ3v) is 4.06. The molecule has 1 unspecified atom stereocenters. The molecule has 0 aromatic heterocycles. The highest BCUT2D eigenvalue weighted by Gasteiger charge is 2.16. The van der Waals surface area contributed by atoms with E-state index < -0.39 is 0 Å². The minimum atomic E-state index is 0. The average Bonchev–Trinajstić information content (AvgIpc) is 2.68. The Morgan fingerprint density at radius 2 is 2.10 bits per heavy atom. The minimum absolute atomic E-state index is 0. The number of nitrogens with one attached hydrogen (secondary N) is 1. The molecule has 0 saturated carbocycles. The van der Waals surface area contributed by atoms with Gasteiger partial charge in [0, 0.05) is 12.6 Å². The Morgan fingerprint density at radius 1 is 1.30 bits per heavy atom. The lowest BCUT2D eigenvalue weighted by Gasteiger charge is -2.27. The minimum Gasteiger partial charge on any atom is -0.496 e. The fourth-order valence-electron chi connectivity index (χ4n) is 2.90. The monoisotopic (exact) mass is 298 g/mol. The summed E-state index contributed by atoms with van der Waals surface area (Å²) in [4.78, 5) is 2.49. The van der Waals surface area contributed by atoms with Crippen LogP contribution in [0.2, 0.25) is 0 Å². The molecule has 2 rings (SSSR count). The molecule has 1 aromatic rings. The van der Waals surface area contributed by atoms with Gasteiger partial charge in [-0.15, -0.1) is 12.4 Å². The first kappa shape index (κ1) is 17.3. The summed E-state index contributed by atoms with van der Waals surface area (Å²) in [5.41, 5.74) is 2.59. The molecule has 0 aliphatic carbocycles. The molecule has 0 spiro atoms. The van der Waals surface area contributed by atoms with Crippen LogP contribution in [-0.4, -0.2) is 38.2 Å². The normalized spacial score (nSPS) is 19.3. The Balaban J connectivity index is 0.00000200. The van der Waals surface area contributed by atoms with Crippen molar-refractivity contribution in [3.05, 3.63) is 29.3 Å². The Hall–Kier alpha value is -0.770. The summed E-state index contributed by atoms with van der Waals surface area (Å²) in [6.45, 7) is 5.45. The SMILES string of the molecule is COc1ccc(CN(C)C2CCCNCC2)cc1C.Cl. The van der Waals surface area contributed by atoms with E-state index in [1.807, 2.05) is 0 Å². The number of halogens is 1. The first-order valence-corrected chi connectivity index (χ1v) is 7.25. The third kappa shape index (κ3) is 4.65. The topological polar surface area (TPSA) is 24.5 Å². The highest BCUT2D eigenvalue weighted by Crippen LogP contribution is 2.21. The molecule has 1 heterocycles. The van der Waals surface area contributed by atoms with E-state index >= 15 is 0 Å². The number of aryl methyl sites for hydroxylation is 1. The lowest BCUT2D eigenvalue weighted by molar-refractivity contribution is 0.216. The largest absolute Gasteiger partial charge is 0.496 e. The maximum atomic E-state index is 5.32. The molecule has 4 heteroatoms. The molecule has 1 saturated heterocycles. The molecule has 1 aliphatic rings. The lowest BCUT2D eigenvalue weighted by atomic mass is 10.1. The maximum absolute atomic E-state index is 5.32. The van der Waals surface area contributed by atoms with Crippen LogP contribution in [0.1, 0.15) is 30.4 Å². The first-order chi connectivity index (χ1) is 9.20. The highest BCUT2D eigenvalue weighted by atomic mass is 35.5. The van der Waals surface area contributed by atoms with Crippen molar-refractivity contribution in [3.8, 4) is 5.75 Å². The smallest absolute Gasteiger partial charge is 0.121 e. The van der Waals surface area contributed by atoms with Crippen LogP contribution in [0.15, 0.2) is 18.2 Å². The zero-order chi connectivity index (χ0) is 13.7. The molecule has 0 radical (unpaired) electrons. The van der Waals surface area contributed by atoms with E-state index in [2.05, 4.69) is 42.4 Å². The Bertz CT molecular complexity index is 403. The highest BCUT2D eigenvalue weighted by molar-refractivity contribution is 5.85. The van der Waals surface area contributed by atoms with Crippen LogP contribution in [-0.2, 0) is 6.54 Å². The summed E-state index contributed by atoms with van der Waals surface area (Å²) in [6, 6.07) is 7.20. The Morgan fingerprint density at radius 3 is 2.80 bits per heavy atom. The fraction of sp³-hybridized carbons (Fsp3) is 0.625. The molecule has 1 fully saturated rings. The van der Waals surface area contributed by atoms with Crippen LogP contribution < -0.4 is 10.1 Å². The van der Waals surface area contributed by atoms with Crippen LogP contribution in [0.5, 0.6) is 5.75 Å². The van der Waals surface area contributed by atoms with E-state index in [-0.39, 0.29) is 12.4 Å². The van der Waals surface area contributed by atoms with E-state index in [0.29, 0.717) is 6.04 Å². The molecule has 3 nitrogen and oxygen atoms in total. The van der Waals surface area contributed by atoms with Gasteiger partial charge in [-0.3, -0.25) is 4.90 Å². The molecular weight excluding hydrogens is 272 g/mol. The molecule has 0 amide bonds. The predicted octanol–water partition coefficient (Wildman–Crippen LogP) is 3.00. The lowest BCUT2D eigenvalue weighted by Crippen LogP contribution is -2.32. The van der Waals surface area contributed by atoms with Gasteiger partial charge in [0.15, 0.2) is 0 Å². The zero-order valence-corrected chi connectivity index (χ0v) is 13.6. The van der Waals surface area contributed by atoms with Crippen LogP contribution in [0.4, 0.5) is 0 Å². The number of benzene rings is 1. The van der Waals surface area contributed by atoms with E-state index in [1.165, 1.54) is 36.9 Å². The number of rotatable bonds is 4. The maximum Gasteiger partial charge on any atom is 0.121 e. The second-order valence-corrected chi connectivity index (χ2v) is 5.55. The quantitative estimate of drug-likeness (QED) is 0.925. The third-order valence-electron chi connectivity index (χ3n) is 4.06. The van der Waals surface area contributed by atoms with Crippen molar-refractivity contribution < 1.29 is 4.74 Å². The summed E-state index contributed by atoms with van der Waals surface area (Å²) < 4.78 is 5.32. The van der Waals surface area contributed by atoms with Crippen LogP contribution in [0, 0.1) is 6.92 Å². The van der Waals surface area contributed by atoms with Gasteiger partial charge in [-0.25, -0.2) is 0 Å². The van der Waals surface area contributed by atoms with Gasteiger partial charge in [-0.2, -0.15) is 0 Å². The predicted molar refractivity (Wildman–Crippen MR) is 87.0 cm³/mol. The number of ether oxygens (including phenoxy) is 1. The van der Waals surface area contributed by atoms with Gasteiger partial charge >= 0.3 is 0 Å². The van der Waals surface area contributed by atoms with Crippen molar-refractivity contribution in [3.63, 3.8) is 0 Å². The second kappa shape index (κ2) is 8.50. The van der Waals surface area contributed by atoms with Crippen molar-refractivity contribution in [2.24, 2.45) is 0 Å². The van der Waals surface area contributed by atoms with Crippen LogP contribution in [0.25, 0.3) is 0 Å². The van der Waals surface area contributed by atoms with Gasteiger partial charge < -0.3 is 10.1 Å². The average molecular weight is 299 g/mol. The summed E-state index contributed by atoms with van der Waals surface area (Å²) in [5.74, 6) is 0.977. The molecule has 114 valence electrons. The van der Waals surface area contributed by atoms with Gasteiger partial charge in [0.2, 0.25) is 0 Å². The fourth-order valence-corrected chi connectivity index (χ4v) is 2.90. The zero-order valence-electron chi connectivity index (χ0n) is 12.8. The van der Waals surface area contributed by atoms with Crippen LogP contribution >= 0.6 is 12.4 Å². The van der Waals surface area contributed by atoms with Crippen molar-refractivity contribution in [1.82, 2.24) is 10.2 Å². The van der Waals surface area contributed by atoms with Gasteiger partial charge in [0.05, 0.1) is 7.11 Å². The van der Waals surface area contributed by atoms with E-state index in [9.17, 15) is 0 Å². The number of hydrogen-bond acceptors (Lipinski definition) is 3. The van der Waals surface area contributed by atoms with Gasteiger partial charge in [0.1, 0.15) is 5.75 Å². The van der Waals surface area contributed by atoms with E-state index in [1.54, 1.807) is 7.11 Å². The van der Waals surface area contributed by atoms with Crippen molar-refractivity contribution >= 4 is 12.4 Å². The molecule has 1 atom stereocenters. The standard InChI is InChI=1S/C16H26N2O.ClH/c1-13-11-14(6-7-16(13)19-3)12-18(2)15-5-4-9-17-10-8-15;/h6-7,11,15,17H,4-5,8-10,12H2,1-3H3;1H. The van der Waals surface area contributed by atoms with Crippen LogP contribution in [0.3, 0.4) is 0 Å². The van der Waals surface area contributed by atoms with Gasteiger partial charge in [-0.05, 0) is 63.5 Å². The van der Waals surface area contributed by atoms with Gasteiger partial charge in [0.25, 0.3) is 0 Å². The molecule has 1 aliphatic heterocycles. The van der Waals surface area contributed by atoms with E-state index in [0.717, 1.165) is 18.8 Å². The van der Waals surface area contributed by atoms with Crippen molar-refractivity contribution in [1.29, 1.82) is 0 Å². The molecule has 20 heavy (non-hydrogen) atoms. The summed E-state index contributed by atoms with van der Waals surface area (Å²) in [5, 5.41) is 3.48. The number of nitrogens with zero attached hydrogens (tertiary/aromatic N) is 1. The first-order valence-electron chi connectivity index (χ1n) is 7.25. The number of methoxy groups -OCH3 is 1. The van der Waals surface area contributed by atoms with Crippen molar-refractivity contribution in [2.75, 3.05) is 27.2 Å².